The van der Waals surface area contributed by atoms with Gasteiger partial charge in [0.1, 0.15) is 12.6 Å². The second-order valence-corrected chi connectivity index (χ2v) is 12.0. The normalized spacial score (nSPS) is 12.1. The van der Waals surface area contributed by atoms with Crippen molar-refractivity contribution >= 4 is 20.1 Å². The first-order valence-electron chi connectivity index (χ1n) is 7.58. The van der Waals surface area contributed by atoms with Crippen LogP contribution in [-0.4, -0.2) is 32.8 Å². The van der Waals surface area contributed by atoms with Crippen molar-refractivity contribution in [3.05, 3.63) is 48.6 Å². The summed E-state index contributed by atoms with van der Waals surface area (Å²) in [6.07, 6.45) is 0.654. The quantitative estimate of drug-likeness (QED) is 0.449. The Morgan fingerprint density at radius 1 is 1.22 bits per heavy atom. The molecule has 0 spiro atoms. The average Bonchev–Trinajstić information content (AvgIpc) is 2.50. The summed E-state index contributed by atoms with van der Waals surface area (Å²) in [4.78, 5) is 23.7. The molecular formula is C17H25NO4Si. The van der Waals surface area contributed by atoms with Crippen LogP contribution in [-0.2, 0) is 20.9 Å². The molecule has 0 aliphatic heterocycles. The Morgan fingerprint density at radius 2 is 1.87 bits per heavy atom. The summed E-state index contributed by atoms with van der Waals surface area (Å²) in [5, 5.41) is 2.44. The molecule has 0 saturated carbocycles. The fourth-order valence-electron chi connectivity index (χ4n) is 1.65. The first-order chi connectivity index (χ1) is 10.8. The lowest BCUT2D eigenvalue weighted by Gasteiger charge is -2.18. The maximum absolute atomic E-state index is 11.9. The molecule has 5 nitrogen and oxygen atoms in total. The molecule has 1 aromatic carbocycles. The van der Waals surface area contributed by atoms with Crippen LogP contribution in [0.3, 0.4) is 0 Å². The topological polar surface area (TPSA) is 64.6 Å². The van der Waals surface area contributed by atoms with Gasteiger partial charge in [-0.1, -0.05) is 56.0 Å². The van der Waals surface area contributed by atoms with E-state index in [0.717, 1.165) is 11.6 Å². The molecule has 0 aliphatic rings. The van der Waals surface area contributed by atoms with Gasteiger partial charge in [-0.3, -0.25) is 0 Å². The van der Waals surface area contributed by atoms with Crippen molar-refractivity contribution in [3.63, 3.8) is 0 Å². The molecular weight excluding hydrogens is 310 g/mol. The number of carbonyl (C=O) groups is 2. The van der Waals surface area contributed by atoms with E-state index < -0.39 is 26.2 Å². The monoisotopic (exact) mass is 335 g/mol. The van der Waals surface area contributed by atoms with Gasteiger partial charge in [0.2, 0.25) is 0 Å². The van der Waals surface area contributed by atoms with E-state index in [9.17, 15) is 9.59 Å². The number of amides is 1. The largest absolute Gasteiger partial charge is 0.464 e. The Balaban J connectivity index is 2.37. The second kappa shape index (κ2) is 9.15. The maximum atomic E-state index is 11.9. The Kier molecular flexibility index (Phi) is 7.54. The van der Waals surface area contributed by atoms with Crippen molar-refractivity contribution in [2.24, 2.45) is 0 Å². The standard InChI is InChI=1S/C17H25NO4Si/c1-5-15(16(19)21-11-12-23(2,3)4)18-17(20)22-13-14-9-7-6-8-10-14/h5-10,15H,1,11-13H2,2-4H3,(H,18,20)/t15-/m0/s1. The van der Waals surface area contributed by atoms with E-state index in [0.29, 0.717) is 6.61 Å². The van der Waals surface area contributed by atoms with Crippen LogP contribution in [0.1, 0.15) is 5.56 Å². The third-order valence-corrected chi connectivity index (χ3v) is 4.78. The van der Waals surface area contributed by atoms with Gasteiger partial charge in [-0.15, -0.1) is 6.58 Å². The van der Waals surface area contributed by atoms with Crippen LogP contribution in [0.15, 0.2) is 43.0 Å². The molecule has 1 aromatic rings. The van der Waals surface area contributed by atoms with Crippen LogP contribution in [0.25, 0.3) is 0 Å². The molecule has 0 radical (unpaired) electrons. The predicted molar refractivity (Wildman–Crippen MR) is 92.9 cm³/mol. The zero-order valence-electron chi connectivity index (χ0n) is 14.0. The van der Waals surface area contributed by atoms with Gasteiger partial charge in [0, 0.05) is 8.07 Å². The minimum absolute atomic E-state index is 0.140. The molecule has 23 heavy (non-hydrogen) atoms. The molecule has 0 aliphatic carbocycles. The lowest BCUT2D eigenvalue weighted by Crippen LogP contribution is -2.41. The van der Waals surface area contributed by atoms with Gasteiger partial charge >= 0.3 is 12.1 Å². The Morgan fingerprint density at radius 3 is 2.43 bits per heavy atom. The van der Waals surface area contributed by atoms with E-state index in [2.05, 4.69) is 31.5 Å². The van der Waals surface area contributed by atoms with Crippen LogP contribution in [0, 0.1) is 0 Å². The number of carbonyl (C=O) groups excluding carboxylic acids is 2. The summed E-state index contributed by atoms with van der Waals surface area (Å²) in [5.74, 6) is -0.519. The molecule has 1 atom stereocenters. The number of esters is 1. The van der Waals surface area contributed by atoms with Crippen molar-refractivity contribution in [2.75, 3.05) is 6.61 Å². The SMILES string of the molecule is C=C[C@H](NC(=O)OCc1ccccc1)C(=O)OCC[Si](C)(C)C. The molecule has 1 amide bonds. The number of nitrogens with one attached hydrogen (secondary N) is 1. The van der Waals surface area contributed by atoms with E-state index in [1.165, 1.54) is 6.08 Å². The highest BCUT2D eigenvalue weighted by Gasteiger charge is 2.21. The molecule has 1 N–H and O–H groups in total. The second-order valence-electron chi connectivity index (χ2n) is 6.40. The van der Waals surface area contributed by atoms with Crippen molar-refractivity contribution in [1.29, 1.82) is 0 Å². The Hall–Kier alpha value is -2.08. The molecule has 1 rings (SSSR count). The fraction of sp³-hybridized carbons (Fsp3) is 0.412. The lowest BCUT2D eigenvalue weighted by atomic mass is 10.2. The summed E-state index contributed by atoms with van der Waals surface area (Å²) in [6.45, 7) is 10.6. The average molecular weight is 335 g/mol. The predicted octanol–water partition coefficient (Wildman–Crippen LogP) is 3.35. The van der Waals surface area contributed by atoms with Crippen molar-refractivity contribution in [1.82, 2.24) is 5.32 Å². The van der Waals surface area contributed by atoms with Gasteiger partial charge < -0.3 is 14.8 Å². The molecule has 0 fully saturated rings. The van der Waals surface area contributed by atoms with Crippen molar-refractivity contribution in [2.45, 2.75) is 38.3 Å². The number of hydrogen-bond acceptors (Lipinski definition) is 4. The van der Waals surface area contributed by atoms with E-state index in [1.54, 1.807) is 0 Å². The third kappa shape index (κ3) is 8.20. The summed E-state index contributed by atoms with van der Waals surface area (Å²) in [5.41, 5.74) is 0.871. The minimum atomic E-state index is -1.27. The summed E-state index contributed by atoms with van der Waals surface area (Å²) >= 11 is 0. The smallest absolute Gasteiger partial charge is 0.408 e. The number of hydrogen-bond donors (Lipinski definition) is 1. The first kappa shape index (κ1) is 19.0. The number of ether oxygens (including phenoxy) is 2. The van der Waals surface area contributed by atoms with Gasteiger partial charge in [-0.25, -0.2) is 9.59 Å². The summed E-state index contributed by atoms with van der Waals surface area (Å²) in [6, 6.07) is 9.28. The summed E-state index contributed by atoms with van der Waals surface area (Å²) in [7, 11) is -1.27. The highest BCUT2D eigenvalue weighted by molar-refractivity contribution is 6.76. The van der Waals surface area contributed by atoms with Crippen molar-refractivity contribution in [3.8, 4) is 0 Å². The molecule has 0 unspecified atom stereocenters. The van der Waals surface area contributed by atoms with Crippen LogP contribution >= 0.6 is 0 Å². The van der Waals surface area contributed by atoms with E-state index in [-0.39, 0.29) is 6.61 Å². The van der Waals surface area contributed by atoms with E-state index >= 15 is 0 Å². The third-order valence-electron chi connectivity index (χ3n) is 3.07. The van der Waals surface area contributed by atoms with Gasteiger partial charge in [0.05, 0.1) is 6.61 Å². The lowest BCUT2D eigenvalue weighted by molar-refractivity contribution is -0.144. The fourth-order valence-corrected chi connectivity index (χ4v) is 2.37. The maximum Gasteiger partial charge on any atom is 0.408 e. The van der Waals surface area contributed by atoms with E-state index in [4.69, 9.17) is 9.47 Å². The first-order valence-corrected chi connectivity index (χ1v) is 11.3. The van der Waals surface area contributed by atoms with Crippen LogP contribution < -0.4 is 5.32 Å². The Bertz CT molecular complexity index is 525. The summed E-state index contributed by atoms with van der Waals surface area (Å²) < 4.78 is 10.3. The molecule has 0 bridgehead atoms. The van der Waals surface area contributed by atoms with Gasteiger partial charge in [0.25, 0.3) is 0 Å². The number of benzene rings is 1. The Labute approximate surface area is 138 Å². The zero-order chi connectivity index (χ0) is 17.3. The zero-order valence-corrected chi connectivity index (χ0v) is 15.0. The van der Waals surface area contributed by atoms with Crippen LogP contribution in [0.5, 0.6) is 0 Å². The van der Waals surface area contributed by atoms with Gasteiger partial charge in [-0.2, -0.15) is 0 Å². The molecule has 126 valence electrons. The molecule has 0 heterocycles. The molecule has 6 heteroatoms. The highest BCUT2D eigenvalue weighted by atomic mass is 28.3. The van der Waals surface area contributed by atoms with Gasteiger partial charge in [0.15, 0.2) is 0 Å². The molecule has 0 saturated heterocycles. The minimum Gasteiger partial charge on any atom is -0.464 e. The molecule has 0 aromatic heterocycles. The van der Waals surface area contributed by atoms with E-state index in [1.807, 2.05) is 30.3 Å². The highest BCUT2D eigenvalue weighted by Crippen LogP contribution is 2.08. The number of alkyl carbamates (subject to hydrolysis) is 1. The number of rotatable bonds is 8. The van der Waals surface area contributed by atoms with Crippen molar-refractivity contribution < 1.29 is 19.1 Å². The van der Waals surface area contributed by atoms with Gasteiger partial charge in [-0.05, 0) is 11.6 Å². The van der Waals surface area contributed by atoms with Crippen LogP contribution in [0.4, 0.5) is 4.79 Å². The van der Waals surface area contributed by atoms with Crippen LogP contribution in [0.2, 0.25) is 25.7 Å².